The highest BCUT2D eigenvalue weighted by atomic mass is 35.5. The molecule has 0 spiro atoms. The fourth-order valence-corrected chi connectivity index (χ4v) is 3.70. The molecule has 8 nitrogen and oxygen atoms in total. The summed E-state index contributed by atoms with van der Waals surface area (Å²) in [5.74, 6) is 0.107. The molecular weight excluding hydrogens is 418 g/mol. The van der Waals surface area contributed by atoms with Crippen LogP contribution < -0.4 is 10.6 Å². The summed E-state index contributed by atoms with van der Waals surface area (Å²) < 4.78 is 5.41. The van der Waals surface area contributed by atoms with Gasteiger partial charge in [-0.05, 0) is 23.8 Å². The maximum atomic E-state index is 12.4. The number of anilines is 1. The molecule has 1 fully saturated rings. The van der Waals surface area contributed by atoms with Crippen LogP contribution in [0, 0.1) is 0 Å². The van der Waals surface area contributed by atoms with Crippen LogP contribution in [-0.2, 0) is 11.3 Å². The lowest BCUT2D eigenvalue weighted by molar-refractivity contribution is 0.0937. The topological polar surface area (TPSA) is 105 Å². The summed E-state index contributed by atoms with van der Waals surface area (Å²) in [5, 5.41) is 0.358. The van der Waals surface area contributed by atoms with Gasteiger partial charge < -0.3 is 25.3 Å². The van der Waals surface area contributed by atoms with Crippen LogP contribution in [0.15, 0.2) is 54.7 Å². The molecule has 1 saturated heterocycles. The number of halogens is 1. The SMILES string of the molecule is NC(=O)c1cc(-c2ccnc(Cl)c2)[nH]c1N1CCN(C(=O)OCc2ccccc2)CC1. The zero-order valence-electron chi connectivity index (χ0n) is 16.8. The minimum atomic E-state index is -0.526. The highest BCUT2D eigenvalue weighted by Crippen LogP contribution is 2.29. The highest BCUT2D eigenvalue weighted by molar-refractivity contribution is 6.29. The highest BCUT2D eigenvalue weighted by Gasteiger charge is 2.26. The number of carbonyl (C=O) groups excluding carboxylic acids is 2. The summed E-state index contributed by atoms with van der Waals surface area (Å²) >= 11 is 5.99. The van der Waals surface area contributed by atoms with Crippen molar-refractivity contribution in [1.29, 1.82) is 0 Å². The number of nitrogens with one attached hydrogen (secondary N) is 1. The third-order valence-electron chi connectivity index (χ3n) is 5.16. The van der Waals surface area contributed by atoms with Gasteiger partial charge in [-0.3, -0.25) is 4.79 Å². The molecule has 31 heavy (non-hydrogen) atoms. The lowest BCUT2D eigenvalue weighted by atomic mass is 10.2. The number of ether oxygens (including phenoxy) is 1. The Labute approximate surface area is 184 Å². The predicted octanol–water partition coefficient (Wildman–Crippen LogP) is 3.29. The van der Waals surface area contributed by atoms with E-state index in [1.54, 1.807) is 29.3 Å². The van der Waals surface area contributed by atoms with E-state index in [0.29, 0.717) is 42.7 Å². The average molecular weight is 440 g/mol. The van der Waals surface area contributed by atoms with Crippen LogP contribution in [0.1, 0.15) is 15.9 Å². The number of aromatic amines is 1. The Hall–Kier alpha value is -3.52. The second kappa shape index (κ2) is 9.09. The van der Waals surface area contributed by atoms with Crippen molar-refractivity contribution in [3.63, 3.8) is 0 Å². The van der Waals surface area contributed by atoms with Gasteiger partial charge >= 0.3 is 6.09 Å². The molecule has 2 aromatic heterocycles. The number of H-pyrrole nitrogens is 1. The monoisotopic (exact) mass is 439 g/mol. The fraction of sp³-hybridized carbons (Fsp3) is 0.227. The zero-order valence-corrected chi connectivity index (χ0v) is 17.5. The van der Waals surface area contributed by atoms with E-state index in [2.05, 4.69) is 9.97 Å². The molecule has 0 unspecified atom stereocenters. The Balaban J connectivity index is 1.42. The molecule has 0 radical (unpaired) electrons. The van der Waals surface area contributed by atoms with E-state index in [1.165, 1.54) is 0 Å². The van der Waals surface area contributed by atoms with Crippen molar-refractivity contribution < 1.29 is 14.3 Å². The summed E-state index contributed by atoms with van der Waals surface area (Å²) in [5.41, 5.74) is 8.46. The number of rotatable bonds is 5. The number of amides is 2. The molecule has 0 aliphatic carbocycles. The number of benzene rings is 1. The van der Waals surface area contributed by atoms with Crippen LogP contribution in [0.3, 0.4) is 0 Å². The minimum Gasteiger partial charge on any atom is -0.445 e. The van der Waals surface area contributed by atoms with Crippen LogP contribution in [0.2, 0.25) is 5.15 Å². The Morgan fingerprint density at radius 1 is 1.10 bits per heavy atom. The van der Waals surface area contributed by atoms with Crippen LogP contribution in [0.4, 0.5) is 10.6 Å². The average Bonchev–Trinajstić information content (AvgIpc) is 3.24. The lowest BCUT2D eigenvalue weighted by Gasteiger charge is -2.35. The van der Waals surface area contributed by atoms with Crippen molar-refractivity contribution in [1.82, 2.24) is 14.9 Å². The van der Waals surface area contributed by atoms with Crippen LogP contribution in [0.5, 0.6) is 0 Å². The first kappa shape index (κ1) is 20.7. The van der Waals surface area contributed by atoms with Crippen LogP contribution in [0.25, 0.3) is 11.3 Å². The molecule has 2 amide bonds. The second-order valence-electron chi connectivity index (χ2n) is 7.19. The van der Waals surface area contributed by atoms with Gasteiger partial charge in [0.2, 0.25) is 0 Å². The molecular formula is C22H22ClN5O3. The van der Waals surface area contributed by atoms with Crippen LogP contribution in [-0.4, -0.2) is 53.0 Å². The number of nitrogens with two attached hydrogens (primary N) is 1. The summed E-state index contributed by atoms with van der Waals surface area (Å²) in [6.45, 7) is 2.26. The normalized spacial score (nSPS) is 13.8. The van der Waals surface area contributed by atoms with Crippen molar-refractivity contribution in [3.05, 3.63) is 71.0 Å². The number of aromatic nitrogens is 2. The van der Waals surface area contributed by atoms with Gasteiger partial charge in [-0.1, -0.05) is 41.9 Å². The van der Waals surface area contributed by atoms with Crippen molar-refractivity contribution in [3.8, 4) is 11.3 Å². The van der Waals surface area contributed by atoms with E-state index in [4.69, 9.17) is 22.1 Å². The molecule has 0 bridgehead atoms. The number of piperazine rings is 1. The minimum absolute atomic E-state index is 0.236. The van der Waals surface area contributed by atoms with E-state index in [-0.39, 0.29) is 12.7 Å². The third-order valence-corrected chi connectivity index (χ3v) is 5.37. The number of primary amides is 1. The van der Waals surface area contributed by atoms with Gasteiger partial charge in [0.15, 0.2) is 0 Å². The summed E-state index contributed by atoms with van der Waals surface area (Å²) in [6, 6.07) is 14.8. The van der Waals surface area contributed by atoms with Gasteiger partial charge in [0.05, 0.1) is 5.56 Å². The van der Waals surface area contributed by atoms with Gasteiger partial charge in [-0.2, -0.15) is 0 Å². The fourth-order valence-electron chi connectivity index (χ4n) is 3.53. The molecule has 9 heteroatoms. The maximum absolute atomic E-state index is 12.4. The molecule has 160 valence electrons. The standard InChI is InChI=1S/C22H22ClN5O3/c23-19-12-16(6-7-25-19)18-13-17(20(24)29)21(26-18)27-8-10-28(11-9-27)22(30)31-14-15-4-2-1-3-5-15/h1-7,12-13,26H,8-11,14H2,(H2,24,29). The third kappa shape index (κ3) is 4.80. The van der Waals surface area contributed by atoms with Crippen LogP contribution >= 0.6 is 11.6 Å². The summed E-state index contributed by atoms with van der Waals surface area (Å²) in [4.78, 5) is 35.3. The Kier molecular flexibility index (Phi) is 6.08. The van der Waals surface area contributed by atoms with Gasteiger partial charge in [-0.15, -0.1) is 0 Å². The van der Waals surface area contributed by atoms with Gasteiger partial charge in [0, 0.05) is 43.6 Å². The summed E-state index contributed by atoms with van der Waals surface area (Å²) in [7, 11) is 0. The molecule has 0 atom stereocenters. The number of hydrogen-bond donors (Lipinski definition) is 2. The lowest BCUT2D eigenvalue weighted by Crippen LogP contribution is -2.49. The molecule has 1 aliphatic rings. The maximum Gasteiger partial charge on any atom is 0.410 e. The van der Waals surface area contributed by atoms with E-state index >= 15 is 0 Å². The Morgan fingerprint density at radius 3 is 2.52 bits per heavy atom. The number of carbonyl (C=O) groups is 2. The predicted molar refractivity (Wildman–Crippen MR) is 118 cm³/mol. The molecule has 3 N–H and O–H groups in total. The quantitative estimate of drug-likeness (QED) is 0.593. The molecule has 3 aromatic rings. The number of hydrogen-bond acceptors (Lipinski definition) is 5. The molecule has 3 heterocycles. The number of nitrogens with zero attached hydrogens (tertiary/aromatic N) is 3. The smallest absolute Gasteiger partial charge is 0.410 e. The molecule has 1 aromatic carbocycles. The summed E-state index contributed by atoms with van der Waals surface area (Å²) in [6.07, 6.45) is 1.25. The van der Waals surface area contributed by atoms with E-state index in [9.17, 15) is 9.59 Å². The van der Waals surface area contributed by atoms with E-state index in [0.717, 1.165) is 16.8 Å². The first-order valence-corrected chi connectivity index (χ1v) is 10.2. The zero-order chi connectivity index (χ0) is 21.8. The Morgan fingerprint density at radius 2 is 1.84 bits per heavy atom. The van der Waals surface area contributed by atoms with Crippen molar-refractivity contribution >= 4 is 29.4 Å². The largest absolute Gasteiger partial charge is 0.445 e. The Bertz CT molecular complexity index is 1080. The van der Waals surface area contributed by atoms with Gasteiger partial charge in [-0.25, -0.2) is 9.78 Å². The van der Waals surface area contributed by atoms with Crippen molar-refractivity contribution in [2.24, 2.45) is 5.73 Å². The molecule has 4 rings (SSSR count). The van der Waals surface area contributed by atoms with Crippen molar-refractivity contribution in [2.45, 2.75) is 6.61 Å². The van der Waals surface area contributed by atoms with E-state index in [1.807, 2.05) is 35.2 Å². The van der Waals surface area contributed by atoms with Gasteiger partial charge in [0.25, 0.3) is 5.91 Å². The van der Waals surface area contributed by atoms with Crippen molar-refractivity contribution in [2.75, 3.05) is 31.1 Å². The molecule has 0 saturated carbocycles. The first-order valence-electron chi connectivity index (χ1n) is 9.86. The second-order valence-corrected chi connectivity index (χ2v) is 7.58. The van der Waals surface area contributed by atoms with Gasteiger partial charge in [0.1, 0.15) is 17.6 Å². The van der Waals surface area contributed by atoms with E-state index < -0.39 is 5.91 Å². The first-order chi connectivity index (χ1) is 15.0. The molecule has 1 aliphatic heterocycles. The number of pyridine rings is 1.